The number of hydrogen-bond acceptors (Lipinski definition) is 2. The highest BCUT2D eigenvalue weighted by atomic mass is 19.1. The number of anilines is 1. The first kappa shape index (κ1) is 10.5. The van der Waals surface area contributed by atoms with Crippen LogP contribution in [-0.2, 0) is 4.79 Å². The van der Waals surface area contributed by atoms with E-state index in [1.54, 1.807) is 24.3 Å². The summed E-state index contributed by atoms with van der Waals surface area (Å²) in [6.07, 6.45) is 0. The highest BCUT2D eigenvalue weighted by Crippen LogP contribution is 2.23. The molecule has 0 spiro atoms. The maximum absolute atomic E-state index is 11.9. The maximum atomic E-state index is 11.9. The van der Waals surface area contributed by atoms with Crippen LogP contribution in [0.25, 0.3) is 0 Å². The van der Waals surface area contributed by atoms with E-state index in [0.29, 0.717) is 11.4 Å². The molecular weight excluding hydrogens is 185 g/mol. The normalized spacial score (nSPS) is 9.57. The molecule has 0 aromatic heterocycles. The van der Waals surface area contributed by atoms with Crippen LogP contribution in [0.4, 0.5) is 10.1 Å². The van der Waals surface area contributed by atoms with Gasteiger partial charge in [0.2, 0.25) is 5.91 Å². The third-order valence-corrected chi connectivity index (χ3v) is 1.53. The quantitative estimate of drug-likeness (QED) is 0.801. The van der Waals surface area contributed by atoms with Gasteiger partial charge in [-0.1, -0.05) is 12.1 Å². The molecule has 0 aliphatic rings. The lowest BCUT2D eigenvalue weighted by Crippen LogP contribution is -2.08. The molecular formula is C10H12FNO2. The summed E-state index contributed by atoms with van der Waals surface area (Å²) in [4.78, 5) is 10.8. The minimum Gasteiger partial charge on any atom is -0.489 e. The Morgan fingerprint density at radius 2 is 2.21 bits per heavy atom. The fourth-order valence-electron chi connectivity index (χ4n) is 1.03. The van der Waals surface area contributed by atoms with Gasteiger partial charge >= 0.3 is 0 Å². The van der Waals surface area contributed by atoms with E-state index in [-0.39, 0.29) is 12.5 Å². The lowest BCUT2D eigenvalue weighted by Gasteiger charge is -2.09. The molecule has 0 fully saturated rings. The molecule has 1 rings (SSSR count). The summed E-state index contributed by atoms with van der Waals surface area (Å²) in [5, 5.41) is 2.60. The zero-order chi connectivity index (χ0) is 10.4. The SMILES string of the molecule is CC(=O)Nc1ccccc1OCCF. The molecule has 0 aliphatic carbocycles. The van der Waals surface area contributed by atoms with E-state index in [1.807, 2.05) is 0 Å². The molecule has 0 saturated heterocycles. The largest absolute Gasteiger partial charge is 0.489 e. The highest BCUT2D eigenvalue weighted by Gasteiger charge is 2.03. The molecule has 14 heavy (non-hydrogen) atoms. The minimum absolute atomic E-state index is 0.00337. The minimum atomic E-state index is -0.547. The summed E-state index contributed by atoms with van der Waals surface area (Å²) < 4.78 is 17.0. The summed E-state index contributed by atoms with van der Waals surface area (Å²) in [5.41, 5.74) is 0.563. The molecule has 0 unspecified atom stereocenters. The number of ether oxygens (including phenoxy) is 1. The Morgan fingerprint density at radius 1 is 1.50 bits per heavy atom. The number of halogens is 1. The number of hydrogen-bond donors (Lipinski definition) is 1. The van der Waals surface area contributed by atoms with E-state index < -0.39 is 6.67 Å². The molecule has 1 aromatic rings. The number of rotatable bonds is 4. The molecule has 1 aromatic carbocycles. The monoisotopic (exact) mass is 197 g/mol. The van der Waals surface area contributed by atoms with Crippen molar-refractivity contribution in [2.45, 2.75) is 6.92 Å². The lowest BCUT2D eigenvalue weighted by atomic mass is 10.3. The number of nitrogens with one attached hydrogen (secondary N) is 1. The topological polar surface area (TPSA) is 38.3 Å². The van der Waals surface area contributed by atoms with Gasteiger partial charge in [-0.3, -0.25) is 4.79 Å². The van der Waals surface area contributed by atoms with Gasteiger partial charge in [0, 0.05) is 6.92 Å². The zero-order valence-corrected chi connectivity index (χ0v) is 7.92. The van der Waals surface area contributed by atoms with Gasteiger partial charge in [-0.2, -0.15) is 0 Å². The summed E-state index contributed by atoms with van der Waals surface area (Å²) in [5.74, 6) is 0.307. The molecule has 0 radical (unpaired) electrons. The van der Waals surface area contributed by atoms with Gasteiger partial charge in [-0.05, 0) is 12.1 Å². The van der Waals surface area contributed by atoms with Crippen molar-refractivity contribution in [3.8, 4) is 5.75 Å². The van der Waals surface area contributed by atoms with Gasteiger partial charge in [-0.15, -0.1) is 0 Å². The predicted octanol–water partition coefficient (Wildman–Crippen LogP) is 1.99. The van der Waals surface area contributed by atoms with E-state index in [9.17, 15) is 9.18 Å². The summed E-state index contributed by atoms with van der Waals surface area (Å²) in [6, 6.07) is 6.92. The van der Waals surface area contributed by atoms with Crippen molar-refractivity contribution in [3.05, 3.63) is 24.3 Å². The number of carbonyl (C=O) groups is 1. The predicted molar refractivity (Wildman–Crippen MR) is 52.2 cm³/mol. The van der Waals surface area contributed by atoms with Crippen molar-refractivity contribution in [2.24, 2.45) is 0 Å². The number of carbonyl (C=O) groups excluding carboxylic acids is 1. The third kappa shape index (κ3) is 3.05. The van der Waals surface area contributed by atoms with Crippen LogP contribution in [0.5, 0.6) is 5.75 Å². The standard InChI is InChI=1S/C10H12FNO2/c1-8(13)12-9-4-2-3-5-10(9)14-7-6-11/h2-5H,6-7H2,1H3,(H,12,13). The molecule has 1 amide bonds. The molecule has 0 saturated carbocycles. The average Bonchev–Trinajstić information content (AvgIpc) is 2.16. The fraction of sp³-hybridized carbons (Fsp3) is 0.300. The smallest absolute Gasteiger partial charge is 0.221 e. The molecule has 4 heteroatoms. The molecule has 0 bridgehead atoms. The first-order valence-corrected chi connectivity index (χ1v) is 4.29. The van der Waals surface area contributed by atoms with Crippen LogP contribution in [0.3, 0.4) is 0 Å². The number of para-hydroxylation sites is 2. The van der Waals surface area contributed by atoms with Crippen LogP contribution in [0.2, 0.25) is 0 Å². The Morgan fingerprint density at radius 3 is 2.86 bits per heavy atom. The average molecular weight is 197 g/mol. The van der Waals surface area contributed by atoms with Crippen LogP contribution in [-0.4, -0.2) is 19.2 Å². The number of alkyl halides is 1. The third-order valence-electron chi connectivity index (χ3n) is 1.53. The Labute approximate surface area is 81.9 Å². The van der Waals surface area contributed by atoms with E-state index in [2.05, 4.69) is 5.32 Å². The Kier molecular flexibility index (Phi) is 3.91. The molecule has 0 heterocycles. The van der Waals surface area contributed by atoms with Gasteiger partial charge in [-0.25, -0.2) is 4.39 Å². The van der Waals surface area contributed by atoms with Gasteiger partial charge in [0.15, 0.2) is 0 Å². The molecule has 76 valence electrons. The summed E-state index contributed by atoms with van der Waals surface area (Å²) in [7, 11) is 0. The second-order valence-corrected chi connectivity index (χ2v) is 2.71. The summed E-state index contributed by atoms with van der Waals surface area (Å²) in [6.45, 7) is 0.858. The maximum Gasteiger partial charge on any atom is 0.221 e. The van der Waals surface area contributed by atoms with Crippen LogP contribution >= 0.6 is 0 Å². The van der Waals surface area contributed by atoms with E-state index >= 15 is 0 Å². The van der Waals surface area contributed by atoms with Crippen LogP contribution in [0, 0.1) is 0 Å². The van der Waals surface area contributed by atoms with Gasteiger partial charge in [0.05, 0.1) is 5.69 Å². The first-order chi connectivity index (χ1) is 6.74. The number of amides is 1. The summed E-state index contributed by atoms with van der Waals surface area (Å²) >= 11 is 0. The highest BCUT2D eigenvalue weighted by molar-refractivity contribution is 5.90. The fourth-order valence-corrected chi connectivity index (χ4v) is 1.03. The van der Waals surface area contributed by atoms with Crippen molar-refractivity contribution in [2.75, 3.05) is 18.6 Å². The van der Waals surface area contributed by atoms with Crippen LogP contribution in [0.15, 0.2) is 24.3 Å². The molecule has 0 aliphatic heterocycles. The van der Waals surface area contributed by atoms with Crippen LogP contribution < -0.4 is 10.1 Å². The van der Waals surface area contributed by atoms with Crippen molar-refractivity contribution in [1.82, 2.24) is 0 Å². The van der Waals surface area contributed by atoms with Crippen molar-refractivity contribution in [3.63, 3.8) is 0 Å². The van der Waals surface area contributed by atoms with E-state index in [4.69, 9.17) is 4.74 Å². The molecule has 0 atom stereocenters. The first-order valence-electron chi connectivity index (χ1n) is 4.29. The molecule has 1 N–H and O–H groups in total. The Bertz CT molecular complexity index is 315. The Balaban J connectivity index is 2.74. The number of benzene rings is 1. The van der Waals surface area contributed by atoms with E-state index in [0.717, 1.165) is 0 Å². The zero-order valence-electron chi connectivity index (χ0n) is 7.92. The second-order valence-electron chi connectivity index (χ2n) is 2.71. The van der Waals surface area contributed by atoms with Crippen molar-refractivity contribution < 1.29 is 13.9 Å². The second kappa shape index (κ2) is 5.21. The van der Waals surface area contributed by atoms with Gasteiger partial charge < -0.3 is 10.1 Å². The lowest BCUT2D eigenvalue weighted by molar-refractivity contribution is -0.114. The van der Waals surface area contributed by atoms with E-state index in [1.165, 1.54) is 6.92 Å². The van der Waals surface area contributed by atoms with Crippen molar-refractivity contribution in [1.29, 1.82) is 0 Å². The Hall–Kier alpha value is -1.58. The van der Waals surface area contributed by atoms with Crippen LogP contribution in [0.1, 0.15) is 6.92 Å². The van der Waals surface area contributed by atoms with Gasteiger partial charge in [0.25, 0.3) is 0 Å². The van der Waals surface area contributed by atoms with Gasteiger partial charge in [0.1, 0.15) is 19.0 Å². The van der Waals surface area contributed by atoms with Crippen molar-refractivity contribution >= 4 is 11.6 Å². The molecule has 3 nitrogen and oxygen atoms in total.